The molecule has 8 heteroatoms. The second kappa shape index (κ2) is 10.2. The van der Waals surface area contributed by atoms with Crippen molar-refractivity contribution in [3.8, 4) is 5.75 Å². The lowest BCUT2D eigenvalue weighted by atomic mass is 10.1. The highest BCUT2D eigenvalue weighted by molar-refractivity contribution is 7.89. The van der Waals surface area contributed by atoms with Crippen molar-refractivity contribution in [2.75, 3.05) is 6.54 Å². The molecular formula is C24H25N3O4S. The van der Waals surface area contributed by atoms with E-state index >= 15 is 0 Å². The van der Waals surface area contributed by atoms with Crippen molar-refractivity contribution in [2.45, 2.75) is 25.3 Å². The molecule has 0 radical (unpaired) electrons. The van der Waals surface area contributed by atoms with Gasteiger partial charge in [-0.3, -0.25) is 4.79 Å². The van der Waals surface area contributed by atoms with Crippen LogP contribution >= 0.6 is 0 Å². The van der Waals surface area contributed by atoms with Crippen LogP contribution in [0.5, 0.6) is 5.75 Å². The number of phenols is 1. The number of hydrogen-bond acceptors (Lipinski definition) is 5. The maximum atomic E-state index is 13.3. The van der Waals surface area contributed by atoms with Crippen LogP contribution in [-0.4, -0.2) is 36.5 Å². The summed E-state index contributed by atoms with van der Waals surface area (Å²) in [7, 11) is -3.92. The van der Waals surface area contributed by atoms with Gasteiger partial charge in [-0.1, -0.05) is 59.7 Å². The standard InChI is InChI=1S/C24H25N3O4S/c1-18-6-10-20(11-7-18)16-27(32(30,31)23-12-8-19(2)9-13-23)17-24(29)26-25-15-21-4-3-5-22(28)14-21/h3-15,28H,16-17H2,1-2H3,(H,26,29)/b25-15+. The number of hydrogen-bond donors (Lipinski definition) is 2. The summed E-state index contributed by atoms with van der Waals surface area (Å²) in [5, 5.41) is 13.4. The minimum Gasteiger partial charge on any atom is -0.508 e. The van der Waals surface area contributed by atoms with Gasteiger partial charge in [0.2, 0.25) is 10.0 Å². The normalized spacial score (nSPS) is 11.7. The monoisotopic (exact) mass is 451 g/mol. The molecule has 0 saturated carbocycles. The van der Waals surface area contributed by atoms with Crippen LogP contribution < -0.4 is 5.43 Å². The van der Waals surface area contributed by atoms with Crippen molar-refractivity contribution in [3.05, 3.63) is 95.1 Å². The Kier molecular flexibility index (Phi) is 7.40. The lowest BCUT2D eigenvalue weighted by Crippen LogP contribution is -2.39. The molecule has 0 atom stereocenters. The van der Waals surface area contributed by atoms with Gasteiger partial charge in [0, 0.05) is 6.54 Å². The molecule has 3 aromatic carbocycles. The van der Waals surface area contributed by atoms with Gasteiger partial charge in [0.1, 0.15) is 5.75 Å². The molecule has 32 heavy (non-hydrogen) atoms. The molecule has 7 nitrogen and oxygen atoms in total. The Bertz CT molecular complexity index is 1200. The number of sulfonamides is 1. The second-order valence-electron chi connectivity index (χ2n) is 7.46. The number of aryl methyl sites for hydroxylation is 2. The third kappa shape index (κ3) is 6.26. The number of rotatable bonds is 8. The summed E-state index contributed by atoms with van der Waals surface area (Å²) in [6.07, 6.45) is 1.37. The maximum absolute atomic E-state index is 13.3. The maximum Gasteiger partial charge on any atom is 0.255 e. The summed E-state index contributed by atoms with van der Waals surface area (Å²) >= 11 is 0. The molecule has 3 rings (SSSR count). The van der Waals surface area contributed by atoms with Gasteiger partial charge in [-0.2, -0.15) is 9.41 Å². The third-order valence-corrected chi connectivity index (χ3v) is 6.54. The van der Waals surface area contributed by atoms with Crippen molar-refractivity contribution in [2.24, 2.45) is 5.10 Å². The zero-order valence-electron chi connectivity index (χ0n) is 17.9. The Hall–Kier alpha value is -3.49. The first-order chi connectivity index (χ1) is 15.2. The molecule has 0 aliphatic heterocycles. The van der Waals surface area contributed by atoms with Crippen molar-refractivity contribution < 1.29 is 18.3 Å². The molecule has 166 valence electrons. The zero-order valence-corrected chi connectivity index (χ0v) is 18.7. The summed E-state index contributed by atoms with van der Waals surface area (Å²) in [4.78, 5) is 12.6. The van der Waals surface area contributed by atoms with E-state index in [1.54, 1.807) is 24.3 Å². The van der Waals surface area contributed by atoms with Gasteiger partial charge < -0.3 is 5.11 Å². The Labute approximate surface area is 188 Å². The first-order valence-corrected chi connectivity index (χ1v) is 11.4. The summed E-state index contributed by atoms with van der Waals surface area (Å²) < 4.78 is 27.7. The van der Waals surface area contributed by atoms with Crippen molar-refractivity contribution >= 4 is 22.1 Å². The number of aromatic hydroxyl groups is 1. The second-order valence-corrected chi connectivity index (χ2v) is 9.40. The van der Waals surface area contributed by atoms with E-state index in [4.69, 9.17) is 0 Å². The highest BCUT2D eigenvalue weighted by Crippen LogP contribution is 2.19. The highest BCUT2D eigenvalue weighted by Gasteiger charge is 2.26. The molecule has 0 aromatic heterocycles. The molecule has 0 spiro atoms. The predicted molar refractivity (Wildman–Crippen MR) is 124 cm³/mol. The van der Waals surface area contributed by atoms with Gasteiger partial charge in [-0.25, -0.2) is 13.8 Å². The lowest BCUT2D eigenvalue weighted by molar-refractivity contribution is -0.121. The molecule has 0 aliphatic rings. The van der Waals surface area contributed by atoms with E-state index < -0.39 is 22.5 Å². The van der Waals surface area contributed by atoms with Crippen LogP contribution in [0.1, 0.15) is 22.3 Å². The van der Waals surface area contributed by atoms with Gasteiger partial charge >= 0.3 is 0 Å². The Morgan fingerprint density at radius 1 is 1.00 bits per heavy atom. The predicted octanol–water partition coefficient (Wildman–Crippen LogP) is 3.35. The number of hydrazone groups is 1. The van der Waals surface area contributed by atoms with Crippen LogP contribution in [0.2, 0.25) is 0 Å². The van der Waals surface area contributed by atoms with Crippen LogP contribution in [0.4, 0.5) is 0 Å². The first kappa shape index (κ1) is 23.2. The average Bonchev–Trinajstić information content (AvgIpc) is 2.75. The van der Waals surface area contributed by atoms with Crippen molar-refractivity contribution in [3.63, 3.8) is 0 Å². The minimum atomic E-state index is -3.92. The van der Waals surface area contributed by atoms with Gasteiger partial charge in [-0.05, 0) is 49.2 Å². The van der Waals surface area contributed by atoms with Crippen LogP contribution in [0, 0.1) is 13.8 Å². The fourth-order valence-corrected chi connectivity index (χ4v) is 4.35. The summed E-state index contributed by atoms with van der Waals surface area (Å²) in [6.45, 7) is 3.46. The smallest absolute Gasteiger partial charge is 0.255 e. The summed E-state index contributed by atoms with van der Waals surface area (Å²) in [6, 6.07) is 20.3. The molecule has 2 N–H and O–H groups in total. The topological polar surface area (TPSA) is 99.1 Å². The zero-order chi connectivity index (χ0) is 23.1. The van der Waals surface area contributed by atoms with Crippen molar-refractivity contribution in [1.29, 1.82) is 0 Å². The van der Waals surface area contributed by atoms with Crippen LogP contribution in [0.25, 0.3) is 0 Å². The van der Waals surface area contributed by atoms with E-state index in [1.807, 2.05) is 38.1 Å². The molecular weight excluding hydrogens is 426 g/mol. The quantitative estimate of drug-likeness (QED) is 0.405. The summed E-state index contributed by atoms with van der Waals surface area (Å²) in [5.74, 6) is -0.502. The van der Waals surface area contributed by atoms with E-state index in [0.29, 0.717) is 5.56 Å². The highest BCUT2D eigenvalue weighted by atomic mass is 32.2. The largest absolute Gasteiger partial charge is 0.508 e. The van der Waals surface area contributed by atoms with Crippen LogP contribution in [0.15, 0.2) is 82.8 Å². The summed E-state index contributed by atoms with van der Waals surface area (Å²) in [5.41, 5.74) is 5.70. The van der Waals surface area contributed by atoms with E-state index in [-0.39, 0.29) is 17.2 Å². The Morgan fingerprint density at radius 3 is 2.25 bits per heavy atom. The third-order valence-electron chi connectivity index (χ3n) is 4.73. The number of benzene rings is 3. The minimum absolute atomic E-state index is 0.0418. The molecule has 0 aliphatic carbocycles. The fraction of sp³-hybridized carbons (Fsp3) is 0.167. The van der Waals surface area contributed by atoms with E-state index in [2.05, 4.69) is 10.5 Å². The van der Waals surface area contributed by atoms with Crippen LogP contribution in [0.3, 0.4) is 0 Å². The lowest BCUT2D eigenvalue weighted by Gasteiger charge is -2.21. The Morgan fingerprint density at radius 2 is 1.62 bits per heavy atom. The molecule has 1 amide bonds. The van der Waals surface area contributed by atoms with E-state index in [1.165, 1.54) is 30.5 Å². The Balaban J connectivity index is 1.79. The molecule has 0 fully saturated rings. The van der Waals surface area contributed by atoms with Crippen LogP contribution in [-0.2, 0) is 21.4 Å². The molecule has 0 bridgehead atoms. The SMILES string of the molecule is Cc1ccc(CN(CC(=O)N/N=C/c2cccc(O)c2)S(=O)(=O)c2ccc(C)cc2)cc1. The van der Waals surface area contributed by atoms with E-state index in [0.717, 1.165) is 21.0 Å². The van der Waals surface area contributed by atoms with Crippen molar-refractivity contribution in [1.82, 2.24) is 9.73 Å². The first-order valence-electron chi connectivity index (χ1n) is 9.97. The molecule has 0 heterocycles. The molecule has 3 aromatic rings. The molecule has 0 saturated heterocycles. The number of nitrogens with zero attached hydrogens (tertiary/aromatic N) is 2. The van der Waals surface area contributed by atoms with Gasteiger partial charge in [0.15, 0.2) is 0 Å². The number of nitrogens with one attached hydrogen (secondary N) is 1. The number of amides is 1. The van der Waals surface area contributed by atoms with Gasteiger partial charge in [-0.15, -0.1) is 0 Å². The number of carbonyl (C=O) groups excluding carboxylic acids is 1. The molecule has 0 unspecified atom stereocenters. The van der Waals surface area contributed by atoms with E-state index in [9.17, 15) is 18.3 Å². The fourth-order valence-electron chi connectivity index (χ4n) is 2.96. The number of phenolic OH excluding ortho intramolecular Hbond substituents is 1. The number of carbonyl (C=O) groups is 1. The van der Waals surface area contributed by atoms with Gasteiger partial charge in [0.25, 0.3) is 5.91 Å². The average molecular weight is 452 g/mol. The van der Waals surface area contributed by atoms with Gasteiger partial charge in [0.05, 0.1) is 17.7 Å².